The number of carbonyl (C=O) groups is 2. The number of hydrogen-bond acceptors (Lipinski definition) is 3. The van der Waals surface area contributed by atoms with Crippen molar-refractivity contribution in [3.63, 3.8) is 0 Å². The Balaban J connectivity index is 0.000000301. The van der Waals surface area contributed by atoms with Crippen molar-refractivity contribution in [1.29, 1.82) is 0 Å². The van der Waals surface area contributed by atoms with Gasteiger partial charge in [0.1, 0.15) is 0 Å². The first kappa shape index (κ1) is 27.5. The molecule has 1 atom stereocenters. The second-order valence-electron chi connectivity index (χ2n) is 7.24. The number of likely N-dealkylation sites (N-methyl/N-ethyl adjacent to an activating group) is 1. The van der Waals surface area contributed by atoms with Crippen LogP contribution in [0.15, 0.2) is 42.7 Å². The van der Waals surface area contributed by atoms with Gasteiger partial charge >= 0.3 is 100 Å². The van der Waals surface area contributed by atoms with E-state index in [1.807, 2.05) is 19.9 Å². The Morgan fingerprint density at radius 2 is 1.80 bits per heavy atom. The van der Waals surface area contributed by atoms with Crippen LogP contribution in [0.2, 0.25) is 0 Å². The Bertz CT molecular complexity index is 897. The predicted octanol–water partition coefficient (Wildman–Crippen LogP) is 3.38. The number of nitrogens with two attached hydrogens (primary N) is 1. The summed E-state index contributed by atoms with van der Waals surface area (Å²) in [6, 6.07) is 9.85. The van der Waals surface area contributed by atoms with E-state index in [1.54, 1.807) is 45.2 Å². The molecule has 0 unspecified atom stereocenters. The Hall–Kier alpha value is -0.522. The number of carboxylic acid groups (broad SMARTS) is 1. The molecule has 0 fully saturated rings. The van der Waals surface area contributed by atoms with E-state index in [0.29, 0.717) is 12.3 Å². The number of aromatic nitrogens is 2. The van der Waals surface area contributed by atoms with Crippen molar-refractivity contribution in [2.24, 2.45) is 18.7 Å². The first-order valence-corrected chi connectivity index (χ1v) is 12.5. The molecule has 1 amide bonds. The molecule has 2 rings (SSSR count). The quantitative estimate of drug-likeness (QED) is 0.255. The first-order valence-electron chi connectivity index (χ1n) is 9.23. The normalized spacial score (nSPS) is 12.2. The maximum absolute atomic E-state index is 11.9. The summed E-state index contributed by atoms with van der Waals surface area (Å²) in [6.45, 7) is 4.87. The third kappa shape index (κ3) is 8.20. The van der Waals surface area contributed by atoms with Crippen LogP contribution >= 0.6 is 45.2 Å². The van der Waals surface area contributed by atoms with Crippen LogP contribution in [0, 0.1) is 9.72 Å². The van der Waals surface area contributed by atoms with E-state index in [0.717, 1.165) is 6.54 Å². The second kappa shape index (κ2) is 12.5. The first-order chi connectivity index (χ1) is 13.9. The van der Waals surface area contributed by atoms with Gasteiger partial charge < -0.3 is 15.7 Å². The summed E-state index contributed by atoms with van der Waals surface area (Å²) in [5.41, 5.74) is 7.06. The third-order valence-electron chi connectivity index (χ3n) is 4.21. The Morgan fingerprint density at radius 3 is 2.23 bits per heavy atom. The average Bonchev–Trinajstić information content (AvgIpc) is 2.99. The number of benzene rings is 1. The van der Waals surface area contributed by atoms with Crippen molar-refractivity contribution in [3.8, 4) is 0 Å². The van der Waals surface area contributed by atoms with E-state index in [2.05, 4.69) is 72.2 Å². The zero-order chi connectivity index (χ0) is 23.1. The second-order valence-corrected chi connectivity index (χ2v) is 13.4. The molecule has 0 radical (unpaired) electrons. The summed E-state index contributed by atoms with van der Waals surface area (Å²) in [5.74, 6) is -1.11. The summed E-state index contributed by atoms with van der Waals surface area (Å²) in [7, 11) is 3.51. The number of imidazole rings is 1. The Labute approximate surface area is 215 Å². The number of aliphatic carboxylic acids is 1. The number of hydrogen-bond donors (Lipinski definition) is 2. The van der Waals surface area contributed by atoms with E-state index in [4.69, 9.17) is 10.8 Å². The van der Waals surface area contributed by atoms with Gasteiger partial charge in [0.05, 0.1) is 6.04 Å². The third-order valence-corrected chi connectivity index (χ3v) is 8.03. The molecular formula is C20H28I2N4O3Pt. The molecule has 1 aromatic heterocycles. The van der Waals surface area contributed by atoms with E-state index in [1.165, 1.54) is 21.3 Å². The van der Waals surface area contributed by atoms with Crippen molar-refractivity contribution >= 4 is 57.1 Å². The number of alkyl halides is 2. The monoisotopic (exact) mass is 821 g/mol. The number of carbonyl (C=O) groups excluding carboxylic acids is 1. The van der Waals surface area contributed by atoms with Crippen LogP contribution in [0.4, 0.5) is 0 Å². The van der Waals surface area contributed by atoms with E-state index >= 15 is 0 Å². The van der Waals surface area contributed by atoms with Crippen molar-refractivity contribution < 1.29 is 34.0 Å². The van der Waals surface area contributed by atoms with Gasteiger partial charge in [0.15, 0.2) is 0 Å². The maximum atomic E-state index is 11.9. The molecule has 0 spiro atoms. The molecule has 1 aromatic carbocycles. The Kier molecular flexibility index (Phi) is 11.5. The minimum absolute atomic E-state index is 0.301. The molecule has 7 nitrogen and oxygen atoms in total. The van der Waals surface area contributed by atoms with Gasteiger partial charge in [-0.25, -0.2) is 4.79 Å². The van der Waals surface area contributed by atoms with Crippen LogP contribution in [0.25, 0.3) is 0 Å². The number of amides is 1. The van der Waals surface area contributed by atoms with Crippen molar-refractivity contribution in [3.05, 3.63) is 52.1 Å². The number of halogens is 2. The molecular weight excluding hydrogens is 793 g/mol. The van der Waals surface area contributed by atoms with Gasteiger partial charge in [0, 0.05) is 7.05 Å². The van der Waals surface area contributed by atoms with Gasteiger partial charge in [-0.2, -0.15) is 0 Å². The van der Waals surface area contributed by atoms with Gasteiger partial charge in [-0.3, -0.25) is 4.79 Å². The molecule has 3 N–H and O–H groups in total. The van der Waals surface area contributed by atoms with Gasteiger partial charge in [0.2, 0.25) is 7.46 Å². The molecule has 0 saturated heterocycles. The molecule has 0 aliphatic carbocycles. The van der Waals surface area contributed by atoms with E-state index in [-0.39, 0.29) is 5.91 Å². The fourth-order valence-corrected chi connectivity index (χ4v) is 3.52. The minimum atomic E-state index is -1.29. The standard InChI is InChI=1S/C11H12N2.C9H16I2N2O3.Pt/c1-12-7-8-13(10-12)9-11-5-3-2-4-6-11;1-5(2)4-6(12)7(14)13(3)9(10,11)8(15)16;/h2-8H,9H2,1H3;5-6H,4,12H2,1-3H3,(H,15,16);/t;6-;/m.0./s1. The van der Waals surface area contributed by atoms with Crippen LogP contribution in [-0.2, 0) is 42.5 Å². The number of aryl methyl sites for hydroxylation is 1. The number of rotatable bonds is 7. The van der Waals surface area contributed by atoms with Gasteiger partial charge in [0.25, 0.3) is 0 Å². The van der Waals surface area contributed by atoms with E-state index in [9.17, 15) is 9.59 Å². The fourth-order valence-electron chi connectivity index (χ4n) is 2.53. The van der Waals surface area contributed by atoms with Crippen LogP contribution in [-0.4, -0.2) is 45.7 Å². The van der Waals surface area contributed by atoms with Crippen LogP contribution in [0.3, 0.4) is 0 Å². The SMILES string of the molecule is CC(C)C[C@H](N)C(=O)N(C)C(I)(I)C(=O)O.Cn1ccn(Cc2ccccc2)[c]1=[Pt]. The molecule has 10 heteroatoms. The van der Waals surface area contributed by atoms with Gasteiger partial charge in [-0.05, 0) is 57.5 Å². The predicted molar refractivity (Wildman–Crippen MR) is 131 cm³/mol. The average molecular weight is 821 g/mol. The van der Waals surface area contributed by atoms with E-state index < -0.39 is 13.6 Å². The summed E-state index contributed by atoms with van der Waals surface area (Å²) in [6.07, 6.45) is 4.73. The zero-order valence-electron chi connectivity index (χ0n) is 17.4. The van der Waals surface area contributed by atoms with Crippen LogP contribution in [0.5, 0.6) is 0 Å². The summed E-state index contributed by atoms with van der Waals surface area (Å²) < 4.78 is 4.30. The number of carboxylic acids is 1. The number of nitrogens with zero attached hydrogens (tertiary/aromatic N) is 3. The van der Waals surface area contributed by atoms with Crippen molar-refractivity contribution in [2.45, 2.75) is 34.4 Å². The van der Waals surface area contributed by atoms with Crippen molar-refractivity contribution in [1.82, 2.24) is 14.0 Å². The summed E-state index contributed by atoms with van der Waals surface area (Å²) in [5, 5.41) is 8.97. The molecule has 0 aliphatic rings. The molecule has 2 aromatic rings. The molecule has 0 aliphatic heterocycles. The topological polar surface area (TPSA) is 93.5 Å². The summed E-state index contributed by atoms with van der Waals surface area (Å²) >= 11 is 5.76. The molecule has 0 bridgehead atoms. The fraction of sp³-hybridized carbons (Fsp3) is 0.450. The zero-order valence-corrected chi connectivity index (χ0v) is 24.0. The summed E-state index contributed by atoms with van der Waals surface area (Å²) in [4.78, 5) is 24.0. The van der Waals surface area contributed by atoms with Gasteiger partial charge in [-0.1, -0.05) is 13.8 Å². The van der Waals surface area contributed by atoms with Crippen LogP contribution < -0.4 is 5.73 Å². The Morgan fingerprint density at radius 1 is 1.23 bits per heavy atom. The van der Waals surface area contributed by atoms with Gasteiger partial charge in [-0.15, -0.1) is 0 Å². The molecule has 1 heterocycles. The molecule has 0 saturated carbocycles. The molecule has 170 valence electrons. The molecule has 30 heavy (non-hydrogen) atoms. The van der Waals surface area contributed by atoms with Crippen molar-refractivity contribution in [2.75, 3.05) is 7.05 Å². The van der Waals surface area contributed by atoms with Crippen LogP contribution in [0.1, 0.15) is 25.8 Å².